The van der Waals surface area contributed by atoms with Gasteiger partial charge < -0.3 is 0 Å². The van der Waals surface area contributed by atoms with Gasteiger partial charge in [0.05, 0.1) is 14.4 Å². The largest absolute Gasteiger partial charge is 0.297 e. The molecule has 1 amide bonds. The van der Waals surface area contributed by atoms with E-state index in [0.717, 1.165) is 33.3 Å². The predicted octanol–water partition coefficient (Wildman–Crippen LogP) is 5.16. The van der Waals surface area contributed by atoms with Gasteiger partial charge in [-0.1, -0.05) is 0 Å². The van der Waals surface area contributed by atoms with E-state index in [0.29, 0.717) is 10.0 Å². The third-order valence-electron chi connectivity index (χ3n) is 2.73. The van der Waals surface area contributed by atoms with Crippen LogP contribution in [0, 0.1) is 11.6 Å². The fourth-order valence-corrected chi connectivity index (χ4v) is 3.73. The second-order valence-electron chi connectivity index (χ2n) is 4.22. The molecule has 112 valence electrons. The molecule has 0 saturated heterocycles. The van der Waals surface area contributed by atoms with Crippen molar-refractivity contribution in [2.75, 3.05) is 5.32 Å². The van der Waals surface area contributed by atoms with Crippen molar-refractivity contribution in [2.24, 2.45) is 0 Å². The molecule has 0 aliphatic carbocycles. The molecule has 2 heterocycles. The lowest BCUT2D eigenvalue weighted by atomic mass is 10.1. The van der Waals surface area contributed by atoms with Crippen molar-refractivity contribution < 1.29 is 13.6 Å². The molecule has 0 saturated carbocycles. The van der Waals surface area contributed by atoms with Crippen LogP contribution in [-0.4, -0.2) is 10.9 Å². The van der Waals surface area contributed by atoms with Gasteiger partial charge in [0.1, 0.15) is 11.6 Å². The maximum atomic E-state index is 13.7. The Bertz CT molecular complexity index is 847. The Kier molecular flexibility index (Phi) is 4.32. The van der Waals surface area contributed by atoms with Crippen molar-refractivity contribution in [1.29, 1.82) is 0 Å². The number of thiazole rings is 1. The number of carbonyl (C=O) groups excluding carboxylic acids is 1. The number of halogens is 3. The molecule has 0 radical (unpaired) electrons. The number of hydrogen-bond donors (Lipinski definition) is 1. The van der Waals surface area contributed by atoms with Crippen molar-refractivity contribution in [3.63, 3.8) is 0 Å². The number of aromatic nitrogens is 1. The van der Waals surface area contributed by atoms with E-state index in [4.69, 9.17) is 0 Å². The number of nitrogens with zero attached hydrogens (tertiary/aromatic N) is 1. The third-order valence-corrected chi connectivity index (χ3v) is 5.11. The van der Waals surface area contributed by atoms with Crippen molar-refractivity contribution >= 4 is 49.6 Å². The topological polar surface area (TPSA) is 42.0 Å². The SMILES string of the molecule is O=C(Nc1nc(-c2cc(F)ccc2F)cs1)c1ccc(Br)s1. The van der Waals surface area contributed by atoms with Crippen molar-refractivity contribution in [3.05, 3.63) is 56.0 Å². The zero-order valence-electron chi connectivity index (χ0n) is 10.8. The molecular weight excluding hydrogens is 394 g/mol. The van der Waals surface area contributed by atoms with E-state index >= 15 is 0 Å². The maximum Gasteiger partial charge on any atom is 0.267 e. The van der Waals surface area contributed by atoms with Crippen molar-refractivity contribution in [3.8, 4) is 11.3 Å². The quantitative estimate of drug-likeness (QED) is 0.659. The van der Waals surface area contributed by atoms with Crippen LogP contribution < -0.4 is 5.32 Å². The zero-order chi connectivity index (χ0) is 15.7. The van der Waals surface area contributed by atoms with Crippen LogP contribution in [0.2, 0.25) is 0 Å². The van der Waals surface area contributed by atoms with Gasteiger partial charge >= 0.3 is 0 Å². The number of benzene rings is 1. The Morgan fingerprint density at radius 1 is 1.23 bits per heavy atom. The number of carbonyl (C=O) groups is 1. The monoisotopic (exact) mass is 400 g/mol. The lowest BCUT2D eigenvalue weighted by Gasteiger charge is -2.00. The third kappa shape index (κ3) is 3.23. The van der Waals surface area contributed by atoms with Crippen LogP contribution in [-0.2, 0) is 0 Å². The minimum absolute atomic E-state index is 0.0654. The van der Waals surface area contributed by atoms with Crippen LogP contribution in [0.15, 0.2) is 39.5 Å². The van der Waals surface area contributed by atoms with Gasteiger partial charge in [0, 0.05) is 10.9 Å². The van der Waals surface area contributed by atoms with Crippen LogP contribution in [0.1, 0.15) is 9.67 Å². The van der Waals surface area contributed by atoms with Gasteiger partial charge in [-0.15, -0.1) is 22.7 Å². The summed E-state index contributed by atoms with van der Waals surface area (Å²) in [5.74, 6) is -1.40. The van der Waals surface area contributed by atoms with Crippen LogP contribution in [0.4, 0.5) is 13.9 Å². The Morgan fingerprint density at radius 2 is 2.05 bits per heavy atom. The summed E-state index contributed by atoms with van der Waals surface area (Å²) in [7, 11) is 0. The molecule has 0 fully saturated rings. The summed E-state index contributed by atoms with van der Waals surface area (Å²) in [6.07, 6.45) is 0. The van der Waals surface area contributed by atoms with Gasteiger partial charge in [0.15, 0.2) is 5.13 Å². The normalized spacial score (nSPS) is 10.7. The molecule has 0 aliphatic heterocycles. The molecule has 0 aliphatic rings. The van der Waals surface area contributed by atoms with Gasteiger partial charge in [-0.05, 0) is 46.3 Å². The predicted molar refractivity (Wildman–Crippen MR) is 87.4 cm³/mol. The summed E-state index contributed by atoms with van der Waals surface area (Å²) in [5.41, 5.74) is 0.347. The molecular formula is C14H7BrF2N2OS2. The molecule has 0 atom stereocenters. The fourth-order valence-electron chi connectivity index (χ4n) is 1.74. The average Bonchev–Trinajstić information content (AvgIpc) is 3.11. The molecule has 1 N–H and O–H groups in total. The molecule has 3 nitrogen and oxygen atoms in total. The average molecular weight is 401 g/mol. The smallest absolute Gasteiger partial charge is 0.267 e. The van der Waals surface area contributed by atoms with E-state index in [9.17, 15) is 13.6 Å². The summed E-state index contributed by atoms with van der Waals surface area (Å²) in [4.78, 5) is 16.7. The van der Waals surface area contributed by atoms with Crippen molar-refractivity contribution in [1.82, 2.24) is 4.98 Å². The molecule has 1 aromatic carbocycles. The van der Waals surface area contributed by atoms with Gasteiger partial charge in [-0.2, -0.15) is 0 Å². The Hall–Kier alpha value is -1.64. The standard InChI is InChI=1S/C14H7BrF2N2OS2/c15-12-4-3-11(22-12)13(20)19-14-18-10(6-21-14)8-5-7(16)1-2-9(8)17/h1-6H,(H,18,19,20). The molecule has 3 rings (SSSR count). The van der Waals surface area contributed by atoms with Crippen LogP contribution in [0.3, 0.4) is 0 Å². The molecule has 22 heavy (non-hydrogen) atoms. The summed E-state index contributed by atoms with van der Waals surface area (Å²) in [6, 6.07) is 6.63. The molecule has 0 spiro atoms. The number of rotatable bonds is 3. The summed E-state index contributed by atoms with van der Waals surface area (Å²) in [6.45, 7) is 0. The zero-order valence-corrected chi connectivity index (χ0v) is 14.0. The lowest BCUT2D eigenvalue weighted by molar-refractivity contribution is 0.103. The summed E-state index contributed by atoms with van der Waals surface area (Å²) < 4.78 is 27.8. The second kappa shape index (κ2) is 6.23. The first-order valence-electron chi connectivity index (χ1n) is 6.00. The highest BCUT2D eigenvalue weighted by molar-refractivity contribution is 9.11. The van der Waals surface area contributed by atoms with Crippen molar-refractivity contribution in [2.45, 2.75) is 0 Å². The van der Waals surface area contributed by atoms with E-state index < -0.39 is 11.6 Å². The number of amides is 1. The highest BCUT2D eigenvalue weighted by Crippen LogP contribution is 2.28. The highest BCUT2D eigenvalue weighted by Gasteiger charge is 2.14. The van der Waals surface area contributed by atoms with E-state index in [1.165, 1.54) is 11.3 Å². The Balaban J connectivity index is 1.82. The minimum Gasteiger partial charge on any atom is -0.297 e. The first-order chi connectivity index (χ1) is 10.5. The molecule has 8 heteroatoms. The van der Waals surface area contributed by atoms with E-state index in [-0.39, 0.29) is 17.2 Å². The number of nitrogens with one attached hydrogen (secondary N) is 1. The van der Waals surface area contributed by atoms with Crippen LogP contribution >= 0.6 is 38.6 Å². The number of anilines is 1. The van der Waals surface area contributed by atoms with E-state index in [1.54, 1.807) is 17.5 Å². The molecule has 2 aromatic heterocycles. The van der Waals surface area contributed by atoms with E-state index in [2.05, 4.69) is 26.2 Å². The molecule has 0 unspecified atom stereocenters. The highest BCUT2D eigenvalue weighted by atomic mass is 79.9. The number of thiophene rings is 1. The number of hydrogen-bond acceptors (Lipinski definition) is 4. The maximum absolute atomic E-state index is 13.7. The van der Waals surface area contributed by atoms with Gasteiger partial charge in [-0.3, -0.25) is 10.1 Å². The van der Waals surface area contributed by atoms with Crippen LogP contribution in [0.25, 0.3) is 11.3 Å². The van der Waals surface area contributed by atoms with Gasteiger partial charge in [0.25, 0.3) is 5.91 Å². The van der Waals surface area contributed by atoms with E-state index in [1.807, 2.05) is 0 Å². The Morgan fingerprint density at radius 3 is 2.77 bits per heavy atom. The van der Waals surface area contributed by atoms with Gasteiger partial charge in [-0.25, -0.2) is 13.8 Å². The molecule has 3 aromatic rings. The second-order valence-corrected chi connectivity index (χ2v) is 7.54. The minimum atomic E-state index is -0.563. The summed E-state index contributed by atoms with van der Waals surface area (Å²) >= 11 is 5.73. The molecule has 0 bridgehead atoms. The van der Waals surface area contributed by atoms with Gasteiger partial charge in [0.2, 0.25) is 0 Å². The Labute approximate surface area is 140 Å². The fraction of sp³-hybridized carbons (Fsp3) is 0. The van der Waals surface area contributed by atoms with Crippen LogP contribution in [0.5, 0.6) is 0 Å². The first kappa shape index (κ1) is 15.3. The lowest BCUT2D eigenvalue weighted by Crippen LogP contribution is -2.09. The summed E-state index contributed by atoms with van der Waals surface area (Å²) in [5, 5.41) is 4.53. The first-order valence-corrected chi connectivity index (χ1v) is 8.49.